The monoisotopic (exact) mass is 267 g/mol. The van der Waals surface area contributed by atoms with Gasteiger partial charge in [0.15, 0.2) is 0 Å². The van der Waals surface area contributed by atoms with E-state index in [0.717, 1.165) is 45.6 Å². The summed E-state index contributed by atoms with van der Waals surface area (Å²) in [5, 5.41) is 3.52. The topological polar surface area (TPSA) is 35.6 Å². The first-order chi connectivity index (χ1) is 9.20. The zero-order valence-corrected chi connectivity index (χ0v) is 12.5. The molecule has 0 radical (unpaired) electrons. The van der Waals surface area contributed by atoms with Crippen molar-refractivity contribution >= 4 is 5.91 Å². The molecule has 0 aromatic heterocycles. The number of carbonyl (C=O) groups is 1. The van der Waals surface area contributed by atoms with Crippen LogP contribution in [0.15, 0.2) is 0 Å². The molecule has 2 saturated heterocycles. The Labute approximate surface area is 117 Å². The van der Waals surface area contributed by atoms with Gasteiger partial charge in [-0.05, 0) is 39.3 Å². The van der Waals surface area contributed by atoms with Crippen LogP contribution in [0.5, 0.6) is 0 Å². The average molecular weight is 267 g/mol. The van der Waals surface area contributed by atoms with Crippen molar-refractivity contribution < 1.29 is 4.79 Å². The number of amides is 1. The molecule has 110 valence electrons. The molecular formula is C15H29N3O. The lowest BCUT2D eigenvalue weighted by molar-refractivity contribution is -0.134. The summed E-state index contributed by atoms with van der Waals surface area (Å²) >= 11 is 0. The first kappa shape index (κ1) is 14.8. The molecule has 0 aromatic rings. The van der Waals surface area contributed by atoms with Crippen molar-refractivity contribution in [1.29, 1.82) is 0 Å². The largest absolute Gasteiger partial charge is 0.340 e. The summed E-state index contributed by atoms with van der Waals surface area (Å²) < 4.78 is 0. The molecule has 2 aliphatic heterocycles. The van der Waals surface area contributed by atoms with Crippen molar-refractivity contribution in [3.63, 3.8) is 0 Å². The highest BCUT2D eigenvalue weighted by Crippen LogP contribution is 2.15. The maximum absolute atomic E-state index is 12.3. The highest BCUT2D eigenvalue weighted by Gasteiger charge is 2.25. The van der Waals surface area contributed by atoms with Crippen LogP contribution in [0.3, 0.4) is 0 Å². The summed E-state index contributed by atoms with van der Waals surface area (Å²) in [6.45, 7) is 9.50. The molecule has 19 heavy (non-hydrogen) atoms. The third-order valence-corrected chi connectivity index (χ3v) is 4.64. The highest BCUT2D eigenvalue weighted by molar-refractivity contribution is 5.76. The van der Waals surface area contributed by atoms with E-state index in [9.17, 15) is 4.79 Å². The Morgan fingerprint density at radius 3 is 2.79 bits per heavy atom. The molecule has 0 spiro atoms. The van der Waals surface area contributed by atoms with Gasteiger partial charge in [0, 0.05) is 38.1 Å². The molecule has 4 nitrogen and oxygen atoms in total. The highest BCUT2D eigenvalue weighted by atomic mass is 16.2. The number of carbonyl (C=O) groups excluding carboxylic acids is 1. The molecule has 0 bridgehead atoms. The van der Waals surface area contributed by atoms with Gasteiger partial charge in [0.05, 0.1) is 0 Å². The number of piperazine rings is 1. The molecule has 1 amide bonds. The van der Waals surface area contributed by atoms with Gasteiger partial charge < -0.3 is 10.2 Å². The Morgan fingerprint density at radius 2 is 2.16 bits per heavy atom. The normalized spacial score (nSPS) is 29.5. The van der Waals surface area contributed by atoms with Crippen molar-refractivity contribution in [3.8, 4) is 0 Å². The van der Waals surface area contributed by atoms with E-state index in [1.54, 1.807) is 0 Å². The van der Waals surface area contributed by atoms with Gasteiger partial charge in [0.25, 0.3) is 0 Å². The minimum Gasteiger partial charge on any atom is -0.340 e. The Bertz CT molecular complexity index is 289. The third kappa shape index (κ3) is 4.18. The number of piperidine rings is 1. The molecule has 4 heteroatoms. The van der Waals surface area contributed by atoms with Crippen LogP contribution in [0.2, 0.25) is 0 Å². The number of rotatable bonds is 4. The van der Waals surface area contributed by atoms with Crippen LogP contribution in [0.4, 0.5) is 0 Å². The molecule has 2 aliphatic rings. The summed E-state index contributed by atoms with van der Waals surface area (Å²) in [6, 6.07) is 1.09. The summed E-state index contributed by atoms with van der Waals surface area (Å²) in [7, 11) is 0. The van der Waals surface area contributed by atoms with Crippen LogP contribution in [0, 0.1) is 0 Å². The van der Waals surface area contributed by atoms with Gasteiger partial charge in [-0.2, -0.15) is 0 Å². The van der Waals surface area contributed by atoms with E-state index in [4.69, 9.17) is 0 Å². The summed E-state index contributed by atoms with van der Waals surface area (Å²) in [5.74, 6) is 0.356. The van der Waals surface area contributed by atoms with Gasteiger partial charge >= 0.3 is 0 Å². The van der Waals surface area contributed by atoms with Gasteiger partial charge in [-0.15, -0.1) is 0 Å². The summed E-state index contributed by atoms with van der Waals surface area (Å²) in [5.41, 5.74) is 0. The van der Waals surface area contributed by atoms with E-state index in [1.807, 2.05) is 0 Å². The van der Waals surface area contributed by atoms with Crippen molar-refractivity contribution in [3.05, 3.63) is 0 Å². The number of likely N-dealkylation sites (N-methyl/N-ethyl adjacent to an activating group) is 1. The molecule has 0 aromatic carbocycles. The van der Waals surface area contributed by atoms with Gasteiger partial charge in [-0.1, -0.05) is 13.3 Å². The minimum absolute atomic E-state index is 0.356. The van der Waals surface area contributed by atoms with Gasteiger partial charge in [0.2, 0.25) is 5.91 Å². The average Bonchev–Trinajstić information content (AvgIpc) is 2.45. The fourth-order valence-electron chi connectivity index (χ4n) is 3.32. The molecule has 0 aliphatic carbocycles. The van der Waals surface area contributed by atoms with Crippen molar-refractivity contribution in [2.45, 2.75) is 58.0 Å². The van der Waals surface area contributed by atoms with E-state index in [0.29, 0.717) is 18.0 Å². The second-order valence-corrected chi connectivity index (χ2v) is 6.00. The first-order valence-electron chi connectivity index (χ1n) is 7.96. The summed E-state index contributed by atoms with van der Waals surface area (Å²) in [4.78, 5) is 16.8. The second-order valence-electron chi connectivity index (χ2n) is 6.00. The zero-order valence-electron chi connectivity index (χ0n) is 12.5. The first-order valence-corrected chi connectivity index (χ1v) is 7.96. The van der Waals surface area contributed by atoms with E-state index >= 15 is 0 Å². The predicted octanol–water partition coefficient (Wildman–Crippen LogP) is 1.46. The van der Waals surface area contributed by atoms with Crippen LogP contribution in [-0.4, -0.2) is 60.5 Å². The van der Waals surface area contributed by atoms with Gasteiger partial charge in [-0.25, -0.2) is 0 Å². The van der Waals surface area contributed by atoms with E-state index < -0.39 is 0 Å². The lowest BCUT2D eigenvalue weighted by Crippen LogP contribution is -2.53. The smallest absolute Gasteiger partial charge is 0.222 e. The van der Waals surface area contributed by atoms with Gasteiger partial charge in [0.1, 0.15) is 0 Å². The van der Waals surface area contributed by atoms with Crippen LogP contribution in [-0.2, 0) is 4.79 Å². The third-order valence-electron chi connectivity index (χ3n) is 4.64. The summed E-state index contributed by atoms with van der Waals surface area (Å²) in [6.07, 6.45) is 5.59. The molecule has 0 saturated carbocycles. The quantitative estimate of drug-likeness (QED) is 0.837. The molecule has 2 unspecified atom stereocenters. The maximum Gasteiger partial charge on any atom is 0.222 e. The number of nitrogens with zero attached hydrogens (tertiary/aromatic N) is 2. The Morgan fingerprint density at radius 1 is 1.32 bits per heavy atom. The van der Waals surface area contributed by atoms with Crippen molar-refractivity contribution in [1.82, 2.24) is 15.1 Å². The Kier molecular flexibility index (Phi) is 5.64. The standard InChI is InChI=1S/C15H29N3O/c1-3-17-10-11-18(12-13(17)2)15(19)8-7-14-6-4-5-9-16-14/h13-14,16H,3-12H2,1-2H3. The number of hydrogen-bond acceptors (Lipinski definition) is 3. The molecule has 2 atom stereocenters. The molecule has 1 N–H and O–H groups in total. The molecule has 2 heterocycles. The van der Waals surface area contributed by atoms with Crippen LogP contribution in [0.1, 0.15) is 46.0 Å². The van der Waals surface area contributed by atoms with Crippen LogP contribution < -0.4 is 5.32 Å². The van der Waals surface area contributed by atoms with Crippen LogP contribution >= 0.6 is 0 Å². The Hall–Kier alpha value is -0.610. The molecular weight excluding hydrogens is 238 g/mol. The SMILES string of the molecule is CCN1CCN(C(=O)CCC2CCCCN2)CC1C. The number of nitrogens with one attached hydrogen (secondary N) is 1. The second kappa shape index (κ2) is 7.25. The van der Waals surface area contributed by atoms with E-state index in [-0.39, 0.29) is 0 Å². The number of hydrogen-bond donors (Lipinski definition) is 1. The Balaban J connectivity index is 1.71. The van der Waals surface area contributed by atoms with Crippen molar-refractivity contribution in [2.75, 3.05) is 32.7 Å². The van der Waals surface area contributed by atoms with E-state index in [2.05, 4.69) is 29.0 Å². The minimum atomic E-state index is 0.356. The fourth-order valence-corrected chi connectivity index (χ4v) is 3.32. The fraction of sp³-hybridized carbons (Fsp3) is 0.933. The van der Waals surface area contributed by atoms with Gasteiger partial charge in [-0.3, -0.25) is 9.69 Å². The zero-order chi connectivity index (χ0) is 13.7. The predicted molar refractivity (Wildman–Crippen MR) is 78.2 cm³/mol. The lowest BCUT2D eigenvalue weighted by Gasteiger charge is -2.39. The molecule has 2 rings (SSSR count). The van der Waals surface area contributed by atoms with E-state index in [1.165, 1.54) is 19.3 Å². The van der Waals surface area contributed by atoms with Crippen LogP contribution in [0.25, 0.3) is 0 Å². The maximum atomic E-state index is 12.3. The lowest BCUT2D eigenvalue weighted by atomic mass is 10.00. The van der Waals surface area contributed by atoms with Crippen molar-refractivity contribution in [2.24, 2.45) is 0 Å². The molecule has 2 fully saturated rings.